The van der Waals surface area contributed by atoms with Crippen molar-refractivity contribution < 1.29 is 4.74 Å². The van der Waals surface area contributed by atoms with Gasteiger partial charge in [-0.2, -0.15) is 0 Å². The summed E-state index contributed by atoms with van der Waals surface area (Å²) in [5, 5.41) is 0. The van der Waals surface area contributed by atoms with Crippen molar-refractivity contribution in [3.8, 4) is 0 Å². The van der Waals surface area contributed by atoms with E-state index in [1.807, 2.05) is 0 Å². The fraction of sp³-hybridized carbons (Fsp3) is 1.00. The van der Waals surface area contributed by atoms with Crippen LogP contribution in [0.3, 0.4) is 0 Å². The van der Waals surface area contributed by atoms with Gasteiger partial charge >= 0.3 is 0 Å². The third-order valence-corrected chi connectivity index (χ3v) is 3.45. The van der Waals surface area contributed by atoms with Crippen LogP contribution in [0.25, 0.3) is 0 Å². The first kappa shape index (κ1) is 13.9. The fourth-order valence-corrected chi connectivity index (χ4v) is 2.59. The zero-order valence-electron chi connectivity index (χ0n) is 11.0. The molecule has 2 N–H and O–H groups in total. The number of piperazine rings is 1. The number of methoxy groups -OCH3 is 1. The van der Waals surface area contributed by atoms with Gasteiger partial charge in [0.05, 0.1) is 6.61 Å². The van der Waals surface area contributed by atoms with Gasteiger partial charge < -0.3 is 15.4 Å². The number of nitrogens with zero attached hydrogens (tertiary/aromatic N) is 2. The Morgan fingerprint density at radius 1 is 1.44 bits per heavy atom. The molecule has 96 valence electrons. The summed E-state index contributed by atoms with van der Waals surface area (Å²) in [5.41, 5.74) is 5.59. The third-order valence-electron chi connectivity index (χ3n) is 3.45. The Kier molecular flexibility index (Phi) is 6.28. The SMILES string of the molecule is COCC(CCCN)N1CCN(C)CC1C. The third kappa shape index (κ3) is 4.01. The molecule has 1 heterocycles. The zero-order chi connectivity index (χ0) is 12.0. The first-order valence-corrected chi connectivity index (χ1v) is 6.32. The van der Waals surface area contributed by atoms with E-state index in [0.29, 0.717) is 12.1 Å². The van der Waals surface area contributed by atoms with Crippen LogP contribution in [0.2, 0.25) is 0 Å². The highest BCUT2D eigenvalue weighted by Gasteiger charge is 2.27. The molecular formula is C12H27N3O. The normalized spacial score (nSPS) is 25.9. The average Bonchev–Trinajstić information content (AvgIpc) is 2.25. The van der Waals surface area contributed by atoms with Crippen LogP contribution in [0, 0.1) is 0 Å². The van der Waals surface area contributed by atoms with Gasteiger partial charge in [0.2, 0.25) is 0 Å². The Morgan fingerprint density at radius 3 is 2.75 bits per heavy atom. The standard InChI is InChI=1S/C12H27N3O/c1-11-9-14(2)7-8-15(11)12(10-16-3)5-4-6-13/h11-12H,4-10,13H2,1-3H3. The lowest BCUT2D eigenvalue weighted by Crippen LogP contribution is -2.55. The van der Waals surface area contributed by atoms with E-state index in [2.05, 4.69) is 23.8 Å². The Morgan fingerprint density at radius 2 is 2.19 bits per heavy atom. The molecule has 1 fully saturated rings. The maximum atomic E-state index is 5.59. The van der Waals surface area contributed by atoms with Crippen LogP contribution in [0.4, 0.5) is 0 Å². The first-order valence-electron chi connectivity index (χ1n) is 6.32. The van der Waals surface area contributed by atoms with Crippen LogP contribution in [0.15, 0.2) is 0 Å². The highest BCUT2D eigenvalue weighted by molar-refractivity contribution is 4.83. The lowest BCUT2D eigenvalue weighted by Gasteiger charge is -2.42. The molecule has 0 aromatic rings. The van der Waals surface area contributed by atoms with Crippen LogP contribution in [-0.4, -0.2) is 68.8 Å². The van der Waals surface area contributed by atoms with Crippen molar-refractivity contribution in [3.63, 3.8) is 0 Å². The summed E-state index contributed by atoms with van der Waals surface area (Å²) in [7, 11) is 3.98. The molecule has 1 aliphatic rings. The van der Waals surface area contributed by atoms with E-state index in [0.717, 1.165) is 45.6 Å². The predicted molar refractivity (Wildman–Crippen MR) is 67.6 cm³/mol. The Hall–Kier alpha value is -0.160. The molecule has 4 heteroatoms. The van der Waals surface area contributed by atoms with Gasteiger partial charge in [-0.15, -0.1) is 0 Å². The lowest BCUT2D eigenvalue weighted by molar-refractivity contribution is 0.0189. The Labute approximate surface area is 99.7 Å². The summed E-state index contributed by atoms with van der Waals surface area (Å²) in [4.78, 5) is 4.98. The minimum Gasteiger partial charge on any atom is -0.383 e. The highest BCUT2D eigenvalue weighted by atomic mass is 16.5. The van der Waals surface area contributed by atoms with Crippen molar-refractivity contribution in [2.24, 2.45) is 5.73 Å². The smallest absolute Gasteiger partial charge is 0.0618 e. The zero-order valence-corrected chi connectivity index (χ0v) is 11.0. The largest absolute Gasteiger partial charge is 0.383 e. The molecule has 0 radical (unpaired) electrons. The van der Waals surface area contributed by atoms with Crippen molar-refractivity contribution in [2.75, 3.05) is 46.9 Å². The van der Waals surface area contributed by atoms with Gasteiger partial charge in [-0.3, -0.25) is 4.90 Å². The van der Waals surface area contributed by atoms with Crippen molar-refractivity contribution in [3.05, 3.63) is 0 Å². The highest BCUT2D eigenvalue weighted by Crippen LogP contribution is 2.15. The number of rotatable bonds is 6. The Balaban J connectivity index is 2.48. The first-order chi connectivity index (χ1) is 7.69. The topological polar surface area (TPSA) is 41.7 Å². The van der Waals surface area contributed by atoms with Gasteiger partial charge in [-0.25, -0.2) is 0 Å². The second kappa shape index (κ2) is 7.22. The van der Waals surface area contributed by atoms with Crippen molar-refractivity contribution in [1.82, 2.24) is 9.80 Å². The minimum absolute atomic E-state index is 0.539. The molecule has 0 saturated carbocycles. The molecule has 0 aromatic heterocycles. The van der Waals surface area contributed by atoms with E-state index in [9.17, 15) is 0 Å². The van der Waals surface area contributed by atoms with E-state index < -0.39 is 0 Å². The van der Waals surface area contributed by atoms with Gasteiger partial charge in [-0.1, -0.05) is 0 Å². The summed E-state index contributed by atoms with van der Waals surface area (Å²) in [6, 6.07) is 1.16. The number of hydrogen-bond acceptors (Lipinski definition) is 4. The lowest BCUT2D eigenvalue weighted by atomic mass is 10.1. The molecule has 0 bridgehead atoms. The molecule has 1 saturated heterocycles. The Bertz CT molecular complexity index is 189. The van der Waals surface area contributed by atoms with Gasteiger partial charge in [0.15, 0.2) is 0 Å². The molecule has 0 aromatic carbocycles. The second-order valence-electron chi connectivity index (χ2n) is 4.89. The van der Waals surface area contributed by atoms with E-state index in [1.54, 1.807) is 7.11 Å². The molecule has 0 amide bonds. The summed E-state index contributed by atoms with van der Waals surface area (Å²) in [6.45, 7) is 7.38. The number of nitrogens with two attached hydrogens (primary N) is 1. The molecule has 2 atom stereocenters. The summed E-state index contributed by atoms with van der Waals surface area (Å²) < 4.78 is 5.33. The second-order valence-corrected chi connectivity index (χ2v) is 4.89. The molecule has 1 aliphatic heterocycles. The fourth-order valence-electron chi connectivity index (χ4n) is 2.59. The van der Waals surface area contributed by atoms with Crippen LogP contribution in [-0.2, 0) is 4.74 Å². The molecule has 4 nitrogen and oxygen atoms in total. The maximum Gasteiger partial charge on any atom is 0.0618 e. The van der Waals surface area contributed by atoms with Crippen molar-refractivity contribution in [1.29, 1.82) is 0 Å². The maximum absolute atomic E-state index is 5.59. The van der Waals surface area contributed by atoms with E-state index in [-0.39, 0.29) is 0 Å². The monoisotopic (exact) mass is 229 g/mol. The van der Waals surface area contributed by atoms with E-state index >= 15 is 0 Å². The van der Waals surface area contributed by atoms with E-state index in [4.69, 9.17) is 10.5 Å². The molecule has 0 spiro atoms. The van der Waals surface area contributed by atoms with Crippen LogP contribution in [0.5, 0.6) is 0 Å². The van der Waals surface area contributed by atoms with Crippen LogP contribution in [0.1, 0.15) is 19.8 Å². The quantitative estimate of drug-likeness (QED) is 0.715. The van der Waals surface area contributed by atoms with Gasteiger partial charge in [0.1, 0.15) is 0 Å². The molecule has 1 rings (SSSR count). The van der Waals surface area contributed by atoms with Crippen molar-refractivity contribution in [2.45, 2.75) is 31.8 Å². The van der Waals surface area contributed by atoms with E-state index in [1.165, 1.54) is 0 Å². The minimum atomic E-state index is 0.539. The number of likely N-dealkylation sites (N-methyl/N-ethyl adjacent to an activating group) is 1. The van der Waals surface area contributed by atoms with Gasteiger partial charge in [-0.05, 0) is 33.4 Å². The van der Waals surface area contributed by atoms with Crippen molar-refractivity contribution >= 4 is 0 Å². The summed E-state index contributed by atoms with van der Waals surface area (Å²) >= 11 is 0. The predicted octanol–water partition coefficient (Wildman–Crippen LogP) is 0.376. The molecule has 2 unspecified atom stereocenters. The number of hydrogen-bond donors (Lipinski definition) is 1. The molecule has 16 heavy (non-hydrogen) atoms. The summed E-state index contributed by atoms with van der Waals surface area (Å²) in [5.74, 6) is 0. The summed E-state index contributed by atoms with van der Waals surface area (Å²) in [6.07, 6.45) is 2.24. The van der Waals surface area contributed by atoms with Crippen LogP contribution < -0.4 is 5.73 Å². The van der Waals surface area contributed by atoms with Gasteiger partial charge in [0, 0.05) is 38.8 Å². The van der Waals surface area contributed by atoms with Crippen LogP contribution >= 0.6 is 0 Å². The van der Waals surface area contributed by atoms with Gasteiger partial charge in [0.25, 0.3) is 0 Å². The average molecular weight is 229 g/mol. The molecular weight excluding hydrogens is 202 g/mol. The number of ether oxygens (including phenoxy) is 1. The molecule has 0 aliphatic carbocycles.